The molecule has 0 aromatic carbocycles. The van der Waals surface area contributed by atoms with Gasteiger partial charge in [-0.2, -0.15) is 0 Å². The lowest BCUT2D eigenvalue weighted by Gasteiger charge is -2.05. The minimum absolute atomic E-state index is 0.0746. The first kappa shape index (κ1) is 17.2. The second-order valence-electron chi connectivity index (χ2n) is 3.14. The third-order valence-electron chi connectivity index (χ3n) is 1.81. The molecule has 0 radical (unpaired) electrons. The Morgan fingerprint density at radius 3 is 2.50 bits per heavy atom. The van der Waals surface area contributed by atoms with Crippen molar-refractivity contribution in [1.29, 1.82) is 0 Å². The third-order valence-corrected chi connectivity index (χ3v) is 1.81. The first-order valence-electron chi connectivity index (χ1n) is 5.16. The van der Waals surface area contributed by atoms with Gasteiger partial charge in [-0.05, 0) is 12.0 Å². The molecule has 1 N–H and O–H groups in total. The van der Waals surface area contributed by atoms with Crippen molar-refractivity contribution in [2.45, 2.75) is 13.3 Å². The first-order chi connectivity index (χ1) is 7.74. The van der Waals surface area contributed by atoms with Gasteiger partial charge in [-0.3, -0.25) is 0 Å². The summed E-state index contributed by atoms with van der Waals surface area (Å²) >= 11 is 0. The Hall–Kier alpha value is -1.19. The zero-order valence-corrected chi connectivity index (χ0v) is 10.2. The molecular formula is C13H22O3. The third kappa shape index (κ3) is 10.9. The van der Waals surface area contributed by atoms with Gasteiger partial charge < -0.3 is 14.6 Å². The van der Waals surface area contributed by atoms with Crippen molar-refractivity contribution in [2.24, 2.45) is 5.92 Å². The lowest BCUT2D eigenvalue weighted by atomic mass is 10.1. The van der Waals surface area contributed by atoms with Crippen LogP contribution in [0.25, 0.3) is 0 Å². The zero-order valence-electron chi connectivity index (χ0n) is 10.2. The summed E-state index contributed by atoms with van der Waals surface area (Å²) in [6.07, 6.45) is 7.01. The number of aldehydes is 1. The molecule has 0 saturated carbocycles. The fraction of sp³-hybridized carbons (Fsp3) is 0.462. The number of ether oxygens (including phenoxy) is 1. The van der Waals surface area contributed by atoms with Crippen molar-refractivity contribution in [2.75, 3.05) is 20.3 Å². The van der Waals surface area contributed by atoms with Crippen molar-refractivity contribution in [3.8, 4) is 0 Å². The quantitative estimate of drug-likeness (QED) is 0.392. The monoisotopic (exact) mass is 226 g/mol. The minimum Gasteiger partial charge on any atom is -0.400 e. The maximum Gasteiger partial charge on any atom is 0.122 e. The maximum atomic E-state index is 10.3. The van der Waals surface area contributed by atoms with Crippen molar-refractivity contribution in [1.82, 2.24) is 0 Å². The van der Waals surface area contributed by atoms with Gasteiger partial charge in [0.2, 0.25) is 0 Å². The number of hydrogen-bond acceptors (Lipinski definition) is 3. The van der Waals surface area contributed by atoms with Crippen LogP contribution >= 0.6 is 0 Å². The summed E-state index contributed by atoms with van der Waals surface area (Å²) in [6, 6.07) is 0. The van der Waals surface area contributed by atoms with E-state index < -0.39 is 0 Å². The van der Waals surface area contributed by atoms with Gasteiger partial charge in [-0.1, -0.05) is 38.3 Å². The smallest absolute Gasteiger partial charge is 0.122 e. The van der Waals surface area contributed by atoms with Gasteiger partial charge in [-0.15, -0.1) is 0 Å². The first-order valence-corrected chi connectivity index (χ1v) is 5.16. The lowest BCUT2D eigenvalue weighted by Crippen LogP contribution is -2.04. The topological polar surface area (TPSA) is 46.5 Å². The number of carbonyl (C=O) groups excluding carboxylic acids is 1. The molecular weight excluding hydrogens is 204 g/mol. The Morgan fingerprint density at radius 1 is 1.44 bits per heavy atom. The standard InChI is InChI=1S/C12H18O2.CH4O/c1-4-6-12(5-2)10-14-8-7-11(3)9-13;1-2/h4-6,9,11H,1-2,7-8,10H2,3H3;2H,1H3/b12-6+;. The molecule has 0 aliphatic rings. The van der Waals surface area contributed by atoms with Crippen LogP contribution in [-0.2, 0) is 9.53 Å². The van der Waals surface area contributed by atoms with E-state index in [9.17, 15) is 4.79 Å². The van der Waals surface area contributed by atoms with E-state index in [4.69, 9.17) is 9.84 Å². The van der Waals surface area contributed by atoms with E-state index in [0.29, 0.717) is 13.2 Å². The summed E-state index contributed by atoms with van der Waals surface area (Å²) < 4.78 is 5.37. The van der Waals surface area contributed by atoms with Crippen LogP contribution in [0.3, 0.4) is 0 Å². The lowest BCUT2D eigenvalue weighted by molar-refractivity contribution is -0.111. The maximum absolute atomic E-state index is 10.3. The molecule has 0 aromatic rings. The molecule has 92 valence electrons. The highest BCUT2D eigenvalue weighted by atomic mass is 16.5. The second kappa shape index (κ2) is 13.8. The number of aliphatic hydroxyl groups excluding tert-OH is 1. The predicted octanol–water partition coefficient (Wildman–Crippen LogP) is 2.14. The van der Waals surface area contributed by atoms with E-state index in [0.717, 1.165) is 25.4 Å². The molecule has 0 fully saturated rings. The minimum atomic E-state index is 0.0746. The van der Waals surface area contributed by atoms with Crippen molar-refractivity contribution >= 4 is 6.29 Å². The highest BCUT2D eigenvalue weighted by molar-refractivity contribution is 5.52. The molecule has 0 aliphatic carbocycles. The Labute approximate surface area is 98.1 Å². The van der Waals surface area contributed by atoms with Gasteiger partial charge in [0, 0.05) is 19.6 Å². The van der Waals surface area contributed by atoms with E-state index in [2.05, 4.69) is 13.2 Å². The van der Waals surface area contributed by atoms with Crippen molar-refractivity contribution in [3.63, 3.8) is 0 Å². The summed E-state index contributed by atoms with van der Waals surface area (Å²) in [6.45, 7) is 10.3. The Bertz CT molecular complexity index is 219. The van der Waals surface area contributed by atoms with E-state index >= 15 is 0 Å². The van der Waals surface area contributed by atoms with Gasteiger partial charge in [0.05, 0.1) is 6.61 Å². The number of allylic oxidation sites excluding steroid dienone is 2. The van der Waals surface area contributed by atoms with Crippen LogP contribution in [0.2, 0.25) is 0 Å². The summed E-state index contributed by atoms with van der Waals surface area (Å²) in [5.74, 6) is 0.0746. The SMILES string of the molecule is C=C/C=C(\C=C)COCCC(C)C=O.CO. The molecule has 0 aliphatic heterocycles. The molecule has 0 heterocycles. The largest absolute Gasteiger partial charge is 0.400 e. The van der Waals surface area contributed by atoms with Crippen LogP contribution in [-0.4, -0.2) is 31.7 Å². The predicted molar refractivity (Wildman–Crippen MR) is 67.3 cm³/mol. The highest BCUT2D eigenvalue weighted by Gasteiger charge is 1.98. The molecule has 3 heteroatoms. The number of aliphatic hydroxyl groups is 1. The molecule has 0 saturated heterocycles. The molecule has 1 atom stereocenters. The highest BCUT2D eigenvalue weighted by Crippen LogP contribution is 2.01. The number of carbonyl (C=O) groups is 1. The average molecular weight is 226 g/mol. The average Bonchev–Trinajstić information content (AvgIpc) is 2.35. The van der Waals surface area contributed by atoms with E-state index in [1.807, 2.05) is 13.0 Å². The number of rotatable bonds is 8. The van der Waals surface area contributed by atoms with Crippen molar-refractivity contribution < 1.29 is 14.6 Å². The van der Waals surface area contributed by atoms with Gasteiger partial charge in [0.15, 0.2) is 0 Å². The van der Waals surface area contributed by atoms with E-state index in [-0.39, 0.29) is 5.92 Å². The normalized spacial score (nSPS) is 12.1. The summed E-state index contributed by atoms with van der Waals surface area (Å²) in [4.78, 5) is 10.3. The molecule has 16 heavy (non-hydrogen) atoms. The Morgan fingerprint density at radius 2 is 2.06 bits per heavy atom. The van der Waals surface area contributed by atoms with E-state index in [1.54, 1.807) is 12.2 Å². The van der Waals surface area contributed by atoms with Gasteiger partial charge in [-0.25, -0.2) is 0 Å². The van der Waals surface area contributed by atoms with Gasteiger partial charge in [0.1, 0.15) is 6.29 Å². The van der Waals surface area contributed by atoms with Crippen LogP contribution in [0.4, 0.5) is 0 Å². The molecule has 0 rings (SSSR count). The molecule has 0 bridgehead atoms. The molecule has 1 unspecified atom stereocenters. The Balaban J connectivity index is 0. The van der Waals surface area contributed by atoms with Gasteiger partial charge >= 0.3 is 0 Å². The van der Waals surface area contributed by atoms with Crippen molar-refractivity contribution in [3.05, 3.63) is 37.0 Å². The fourth-order valence-electron chi connectivity index (χ4n) is 0.854. The van der Waals surface area contributed by atoms with Crippen LogP contribution in [0.5, 0.6) is 0 Å². The summed E-state index contributed by atoms with van der Waals surface area (Å²) in [7, 11) is 1.00. The Kier molecular flexibility index (Phi) is 14.9. The zero-order chi connectivity index (χ0) is 12.8. The summed E-state index contributed by atoms with van der Waals surface area (Å²) in [5, 5.41) is 7.00. The molecule has 0 aromatic heterocycles. The second-order valence-corrected chi connectivity index (χ2v) is 3.14. The van der Waals surface area contributed by atoms with E-state index in [1.165, 1.54) is 0 Å². The van der Waals surface area contributed by atoms with Crippen LogP contribution in [0.1, 0.15) is 13.3 Å². The van der Waals surface area contributed by atoms with Crippen LogP contribution in [0.15, 0.2) is 37.0 Å². The summed E-state index contributed by atoms with van der Waals surface area (Å²) in [5.41, 5.74) is 0.999. The molecule has 0 amide bonds. The van der Waals surface area contributed by atoms with Crippen LogP contribution in [0, 0.1) is 5.92 Å². The molecule has 0 spiro atoms. The van der Waals surface area contributed by atoms with Crippen LogP contribution < -0.4 is 0 Å². The fourth-order valence-corrected chi connectivity index (χ4v) is 0.854. The number of hydrogen-bond donors (Lipinski definition) is 1. The molecule has 3 nitrogen and oxygen atoms in total. The van der Waals surface area contributed by atoms with Gasteiger partial charge in [0.25, 0.3) is 0 Å².